The second-order valence-electron chi connectivity index (χ2n) is 5.47. The van der Waals surface area contributed by atoms with Gasteiger partial charge in [-0.1, -0.05) is 19.2 Å². The van der Waals surface area contributed by atoms with E-state index in [9.17, 15) is 0 Å². The van der Waals surface area contributed by atoms with Crippen molar-refractivity contribution >= 4 is 11.8 Å². The molecule has 0 amide bonds. The maximum absolute atomic E-state index is 5.26. The van der Waals surface area contributed by atoms with E-state index in [1.54, 1.807) is 13.2 Å². The summed E-state index contributed by atoms with van der Waals surface area (Å²) in [4.78, 5) is 0. The van der Waals surface area contributed by atoms with E-state index in [-0.39, 0.29) is 0 Å². The summed E-state index contributed by atoms with van der Waals surface area (Å²) in [5.41, 5.74) is 7.02. The first-order valence-corrected chi connectivity index (χ1v) is 7.39. The number of rotatable bonds is 6. The van der Waals surface area contributed by atoms with Crippen LogP contribution in [0.1, 0.15) is 16.7 Å². The molecule has 1 aromatic carbocycles. The fourth-order valence-electron chi connectivity index (χ4n) is 2.39. The van der Waals surface area contributed by atoms with Gasteiger partial charge in [0.15, 0.2) is 0 Å². The smallest absolute Gasteiger partial charge is 0.109 e. The number of ether oxygens (including phenoxy) is 1. The first kappa shape index (κ1) is 16.1. The molecule has 0 aliphatic carbocycles. The predicted octanol–water partition coefficient (Wildman–Crippen LogP) is 3.93. The fourth-order valence-corrected chi connectivity index (χ4v) is 2.39. The van der Waals surface area contributed by atoms with Gasteiger partial charge in [-0.2, -0.15) is 0 Å². The van der Waals surface area contributed by atoms with Crippen LogP contribution in [0.15, 0.2) is 54.5 Å². The van der Waals surface area contributed by atoms with Crippen molar-refractivity contribution in [2.24, 2.45) is 0 Å². The second-order valence-corrected chi connectivity index (χ2v) is 5.47. The summed E-state index contributed by atoms with van der Waals surface area (Å²) in [7, 11) is 1.67. The lowest BCUT2D eigenvalue weighted by Gasteiger charge is -2.22. The van der Waals surface area contributed by atoms with Gasteiger partial charge in [0.25, 0.3) is 0 Å². The standard InChI is InChI=1S/C19H24N2O/c1-6-7-18(22-5)12-20-11-17-10-16-8-13(2)14(3)9-19(16)21-15(17)4/h6-10,20-21H,1,4,11-12H2,2-3,5H3/b18-7-. The Kier molecular flexibility index (Phi) is 5.23. The summed E-state index contributed by atoms with van der Waals surface area (Å²) in [6.45, 7) is 13.4. The zero-order valence-electron chi connectivity index (χ0n) is 13.6. The lowest BCUT2D eigenvalue weighted by Crippen LogP contribution is -2.23. The summed E-state index contributed by atoms with van der Waals surface area (Å²) in [6.07, 6.45) is 5.77. The van der Waals surface area contributed by atoms with Gasteiger partial charge in [0.05, 0.1) is 13.7 Å². The highest BCUT2D eigenvalue weighted by atomic mass is 16.5. The number of methoxy groups -OCH3 is 1. The summed E-state index contributed by atoms with van der Waals surface area (Å²) >= 11 is 0. The number of aryl methyl sites for hydroxylation is 2. The number of allylic oxidation sites excluding steroid dienone is 2. The maximum Gasteiger partial charge on any atom is 0.109 e. The van der Waals surface area contributed by atoms with Crippen molar-refractivity contribution in [2.45, 2.75) is 13.8 Å². The average molecular weight is 296 g/mol. The second kappa shape index (κ2) is 7.14. The molecule has 0 atom stereocenters. The number of anilines is 1. The van der Waals surface area contributed by atoms with Crippen molar-refractivity contribution in [3.63, 3.8) is 0 Å². The number of fused-ring (bicyclic) bond motifs is 1. The topological polar surface area (TPSA) is 33.3 Å². The van der Waals surface area contributed by atoms with E-state index in [4.69, 9.17) is 4.74 Å². The molecule has 1 aliphatic heterocycles. The molecule has 22 heavy (non-hydrogen) atoms. The molecule has 1 heterocycles. The minimum atomic E-state index is 0.660. The summed E-state index contributed by atoms with van der Waals surface area (Å²) in [5.74, 6) is 0.858. The molecule has 0 bridgehead atoms. The number of hydrogen-bond donors (Lipinski definition) is 2. The van der Waals surface area contributed by atoms with Crippen LogP contribution >= 0.6 is 0 Å². The van der Waals surface area contributed by atoms with E-state index >= 15 is 0 Å². The highest BCUT2D eigenvalue weighted by molar-refractivity contribution is 5.78. The van der Waals surface area contributed by atoms with E-state index in [0.717, 1.165) is 29.3 Å². The minimum Gasteiger partial charge on any atom is -0.500 e. The first-order chi connectivity index (χ1) is 10.5. The monoisotopic (exact) mass is 296 g/mol. The third-order valence-corrected chi connectivity index (χ3v) is 3.85. The van der Waals surface area contributed by atoms with Crippen LogP contribution in [0.25, 0.3) is 6.08 Å². The van der Waals surface area contributed by atoms with Crippen molar-refractivity contribution in [1.29, 1.82) is 0 Å². The molecule has 0 spiro atoms. The highest BCUT2D eigenvalue weighted by Gasteiger charge is 2.14. The van der Waals surface area contributed by atoms with Crippen LogP contribution in [-0.4, -0.2) is 20.2 Å². The van der Waals surface area contributed by atoms with Gasteiger partial charge >= 0.3 is 0 Å². The van der Waals surface area contributed by atoms with Crippen LogP contribution in [0.2, 0.25) is 0 Å². The Morgan fingerprint density at radius 2 is 2.05 bits per heavy atom. The van der Waals surface area contributed by atoms with Crippen LogP contribution in [-0.2, 0) is 4.74 Å². The zero-order chi connectivity index (χ0) is 16.1. The molecule has 1 aliphatic rings. The quantitative estimate of drug-likeness (QED) is 0.616. The van der Waals surface area contributed by atoms with Crippen molar-refractivity contribution in [3.8, 4) is 0 Å². The Hall–Kier alpha value is -2.26. The molecule has 0 unspecified atom stereocenters. The number of hydrogen-bond acceptors (Lipinski definition) is 3. The van der Waals surface area contributed by atoms with Gasteiger partial charge in [0, 0.05) is 17.9 Å². The Labute approximate surface area is 133 Å². The van der Waals surface area contributed by atoms with E-state index in [1.807, 2.05) is 6.08 Å². The van der Waals surface area contributed by atoms with Crippen molar-refractivity contribution < 1.29 is 4.74 Å². The van der Waals surface area contributed by atoms with Gasteiger partial charge < -0.3 is 15.4 Å². The Morgan fingerprint density at radius 1 is 1.32 bits per heavy atom. The molecular formula is C19H24N2O. The van der Waals surface area contributed by atoms with E-state index in [0.29, 0.717) is 6.54 Å². The summed E-state index contributed by atoms with van der Waals surface area (Å²) in [6, 6.07) is 4.38. The average Bonchev–Trinajstić information content (AvgIpc) is 2.49. The molecule has 2 N–H and O–H groups in total. The van der Waals surface area contributed by atoms with Crippen LogP contribution in [0.3, 0.4) is 0 Å². The van der Waals surface area contributed by atoms with Gasteiger partial charge in [-0.15, -0.1) is 0 Å². The predicted molar refractivity (Wildman–Crippen MR) is 94.8 cm³/mol. The van der Waals surface area contributed by atoms with Crippen LogP contribution < -0.4 is 10.6 Å². The van der Waals surface area contributed by atoms with Crippen LogP contribution in [0, 0.1) is 13.8 Å². The van der Waals surface area contributed by atoms with Crippen LogP contribution in [0.4, 0.5) is 5.69 Å². The largest absolute Gasteiger partial charge is 0.500 e. The number of benzene rings is 1. The van der Waals surface area contributed by atoms with E-state index in [1.165, 1.54) is 16.7 Å². The zero-order valence-corrected chi connectivity index (χ0v) is 13.6. The highest BCUT2D eigenvalue weighted by Crippen LogP contribution is 2.30. The molecule has 116 valence electrons. The van der Waals surface area contributed by atoms with Crippen molar-refractivity contribution in [3.05, 3.63) is 71.2 Å². The normalized spacial score (nSPS) is 14.0. The van der Waals surface area contributed by atoms with E-state index in [2.05, 4.69) is 55.8 Å². The van der Waals surface area contributed by atoms with Crippen molar-refractivity contribution in [1.82, 2.24) is 5.32 Å². The fraction of sp³-hybridized carbons (Fsp3) is 0.263. The molecule has 0 saturated carbocycles. The van der Waals surface area contributed by atoms with Gasteiger partial charge in [-0.25, -0.2) is 0 Å². The Bertz CT molecular complexity index is 654. The summed E-state index contributed by atoms with van der Waals surface area (Å²) < 4.78 is 5.26. The van der Waals surface area contributed by atoms with E-state index < -0.39 is 0 Å². The molecular weight excluding hydrogens is 272 g/mol. The molecule has 0 saturated heterocycles. The number of nitrogens with one attached hydrogen (secondary N) is 2. The Balaban J connectivity index is 2.09. The van der Waals surface area contributed by atoms with Gasteiger partial charge in [0.1, 0.15) is 5.76 Å². The molecule has 0 fully saturated rings. The molecule has 0 aromatic heterocycles. The molecule has 2 rings (SSSR count). The molecule has 3 heteroatoms. The SMILES string of the molecule is C=C/C=C(/CNCC1=Cc2cc(C)c(C)cc2NC1=C)OC. The molecule has 1 aromatic rings. The summed E-state index contributed by atoms with van der Waals surface area (Å²) in [5, 5.41) is 6.76. The lowest BCUT2D eigenvalue weighted by atomic mass is 9.97. The molecule has 0 radical (unpaired) electrons. The first-order valence-electron chi connectivity index (χ1n) is 7.39. The molecule has 3 nitrogen and oxygen atoms in total. The van der Waals surface area contributed by atoms with Gasteiger partial charge in [-0.3, -0.25) is 0 Å². The minimum absolute atomic E-state index is 0.660. The lowest BCUT2D eigenvalue weighted by molar-refractivity contribution is 0.280. The van der Waals surface area contributed by atoms with Crippen molar-refractivity contribution in [2.75, 3.05) is 25.5 Å². The van der Waals surface area contributed by atoms with Gasteiger partial charge in [0.2, 0.25) is 0 Å². The van der Waals surface area contributed by atoms with Gasteiger partial charge in [-0.05, 0) is 60.4 Å². The van der Waals surface area contributed by atoms with Crippen LogP contribution in [0.5, 0.6) is 0 Å². The third kappa shape index (κ3) is 3.68. The maximum atomic E-state index is 5.26. The third-order valence-electron chi connectivity index (χ3n) is 3.85. The Morgan fingerprint density at radius 3 is 2.73 bits per heavy atom.